The van der Waals surface area contributed by atoms with E-state index in [4.69, 9.17) is 4.98 Å². The highest BCUT2D eigenvalue weighted by Gasteiger charge is 2.41. The summed E-state index contributed by atoms with van der Waals surface area (Å²) >= 11 is 1.39. The van der Waals surface area contributed by atoms with E-state index in [1.165, 1.54) is 18.4 Å². The molecular weight excluding hydrogens is 560 g/mol. The molecule has 1 aromatic carbocycles. The van der Waals surface area contributed by atoms with E-state index in [0.717, 1.165) is 29.8 Å². The first kappa shape index (κ1) is 27.8. The molecule has 12 heteroatoms. The molecule has 2 N–H and O–H groups in total. The molecule has 0 bridgehead atoms. The molecule has 2 fully saturated rings. The van der Waals surface area contributed by atoms with Gasteiger partial charge in [-0.2, -0.15) is 0 Å². The molecule has 10 nitrogen and oxygen atoms in total. The number of piperidine rings is 1. The van der Waals surface area contributed by atoms with Crippen molar-refractivity contribution < 1.29 is 18.0 Å². The van der Waals surface area contributed by atoms with Crippen LogP contribution in [-0.2, 0) is 21.4 Å². The Balaban J connectivity index is 1.32. The minimum Gasteiger partial charge on any atom is -0.331 e. The number of carbonyl (C=O) groups is 2. The van der Waals surface area contributed by atoms with Crippen molar-refractivity contribution in [2.24, 2.45) is 11.8 Å². The van der Waals surface area contributed by atoms with Gasteiger partial charge in [0.1, 0.15) is 11.6 Å². The number of pyridine rings is 1. The highest BCUT2D eigenvalue weighted by Crippen LogP contribution is 2.42. The van der Waals surface area contributed by atoms with Crippen LogP contribution in [0.25, 0.3) is 10.4 Å². The third-order valence-corrected chi connectivity index (χ3v) is 10.9. The number of nitrogens with zero attached hydrogens (tertiary/aromatic N) is 4. The van der Waals surface area contributed by atoms with Crippen LogP contribution in [0.1, 0.15) is 61.1 Å². The summed E-state index contributed by atoms with van der Waals surface area (Å²) in [6.07, 6.45) is 3.59. The van der Waals surface area contributed by atoms with Crippen molar-refractivity contribution in [2.75, 3.05) is 23.8 Å². The molecule has 6 rings (SSSR count). The first-order chi connectivity index (χ1) is 19.6. The summed E-state index contributed by atoms with van der Waals surface area (Å²) in [4.78, 5) is 39.7. The van der Waals surface area contributed by atoms with Crippen LogP contribution in [0.3, 0.4) is 0 Å². The third kappa shape index (κ3) is 5.24. The molecule has 1 aliphatic carbocycles. The average molecular weight is 595 g/mol. The second-order valence-electron chi connectivity index (χ2n) is 11.3. The molecule has 2 atom stereocenters. The first-order valence-electron chi connectivity index (χ1n) is 14.0. The minimum atomic E-state index is -3.89. The van der Waals surface area contributed by atoms with E-state index in [-0.39, 0.29) is 28.3 Å². The van der Waals surface area contributed by atoms with Gasteiger partial charge in [0.15, 0.2) is 5.13 Å². The maximum Gasteiger partial charge on any atom is 0.256 e. The summed E-state index contributed by atoms with van der Waals surface area (Å²) < 4.78 is 28.6. The smallest absolute Gasteiger partial charge is 0.256 e. The number of sulfonamides is 1. The van der Waals surface area contributed by atoms with Crippen LogP contribution in [0, 0.1) is 18.8 Å². The van der Waals surface area contributed by atoms with Crippen molar-refractivity contribution in [3.8, 4) is 10.4 Å². The molecule has 1 saturated carbocycles. The summed E-state index contributed by atoms with van der Waals surface area (Å²) in [5.74, 6) is 1.91. The zero-order valence-electron chi connectivity index (χ0n) is 23.6. The quantitative estimate of drug-likeness (QED) is 0.388. The van der Waals surface area contributed by atoms with E-state index in [1.807, 2.05) is 38.1 Å². The summed E-state index contributed by atoms with van der Waals surface area (Å²) in [7, 11) is -2.53. The van der Waals surface area contributed by atoms with Gasteiger partial charge in [0.05, 0.1) is 21.0 Å². The Morgan fingerprint density at radius 1 is 1.12 bits per heavy atom. The Hall–Kier alpha value is -3.35. The fourth-order valence-electron chi connectivity index (χ4n) is 5.76. The Kier molecular flexibility index (Phi) is 7.11. The molecule has 2 aromatic heterocycles. The fourth-order valence-corrected chi connectivity index (χ4v) is 7.71. The van der Waals surface area contributed by atoms with Gasteiger partial charge in [-0.25, -0.2) is 23.1 Å². The van der Waals surface area contributed by atoms with Crippen LogP contribution in [0.2, 0.25) is 0 Å². The normalized spacial score (nSPS) is 20.0. The van der Waals surface area contributed by atoms with Crippen molar-refractivity contribution in [1.29, 1.82) is 0 Å². The number of hydrogen-bond acceptors (Lipinski definition) is 8. The lowest BCUT2D eigenvalue weighted by Gasteiger charge is -2.30. The Bertz CT molecular complexity index is 1650. The van der Waals surface area contributed by atoms with Crippen LogP contribution in [0.15, 0.2) is 35.2 Å². The van der Waals surface area contributed by atoms with Crippen LogP contribution in [0.5, 0.6) is 0 Å². The molecule has 4 heterocycles. The lowest BCUT2D eigenvalue weighted by Crippen LogP contribution is -2.39. The van der Waals surface area contributed by atoms with Gasteiger partial charge in [0.25, 0.3) is 5.91 Å². The zero-order chi connectivity index (χ0) is 29.1. The highest BCUT2D eigenvalue weighted by molar-refractivity contribution is 7.89. The monoisotopic (exact) mass is 594 g/mol. The van der Waals surface area contributed by atoms with E-state index < -0.39 is 10.0 Å². The third-order valence-electron chi connectivity index (χ3n) is 8.30. The van der Waals surface area contributed by atoms with Gasteiger partial charge in [0.2, 0.25) is 15.9 Å². The van der Waals surface area contributed by atoms with Gasteiger partial charge in [-0.05, 0) is 87.4 Å². The molecule has 216 valence electrons. The number of hydrogen-bond donors (Lipinski definition) is 2. The van der Waals surface area contributed by atoms with Gasteiger partial charge in [-0.15, -0.1) is 0 Å². The molecule has 41 heavy (non-hydrogen) atoms. The number of thiazole rings is 1. The largest absolute Gasteiger partial charge is 0.331 e. The topological polar surface area (TPSA) is 125 Å². The molecule has 2 aliphatic heterocycles. The van der Waals surface area contributed by atoms with E-state index in [2.05, 4.69) is 21.9 Å². The van der Waals surface area contributed by atoms with Crippen molar-refractivity contribution >= 4 is 49.9 Å². The molecule has 3 aromatic rings. The predicted molar refractivity (Wildman–Crippen MR) is 159 cm³/mol. The van der Waals surface area contributed by atoms with Crippen molar-refractivity contribution in [2.45, 2.75) is 63.9 Å². The summed E-state index contributed by atoms with van der Waals surface area (Å²) in [6.45, 7) is 7.09. The predicted octanol–water partition coefficient (Wildman–Crippen LogP) is 4.68. The van der Waals surface area contributed by atoms with E-state index in [1.54, 1.807) is 15.9 Å². The van der Waals surface area contributed by atoms with Crippen LogP contribution < -0.4 is 14.9 Å². The number of carbonyl (C=O) groups excluding carboxylic acids is 2. The molecule has 1 saturated heterocycles. The molecule has 0 unspecified atom stereocenters. The van der Waals surface area contributed by atoms with Gasteiger partial charge < -0.3 is 10.2 Å². The first-order valence-corrected chi connectivity index (χ1v) is 16.3. The van der Waals surface area contributed by atoms with Gasteiger partial charge in [-0.1, -0.05) is 24.3 Å². The number of fused-ring (bicyclic) bond motifs is 1. The van der Waals surface area contributed by atoms with Crippen molar-refractivity contribution in [3.05, 3.63) is 47.2 Å². The number of aryl methyl sites for hydroxylation is 1. The SMILES string of the molecule is CNS(=O)(=O)c1cc(-c2sc(Nc3cccc(N4C[C@H](C)CCC4=O)n3)nc2C)cc2c1C(=O)N([C@@H](C)C1CC1)C2. The maximum absolute atomic E-state index is 13.4. The molecule has 0 spiro atoms. The molecule has 0 radical (unpaired) electrons. The Morgan fingerprint density at radius 3 is 2.63 bits per heavy atom. The second kappa shape index (κ2) is 10.5. The van der Waals surface area contributed by atoms with Crippen LogP contribution in [0.4, 0.5) is 16.8 Å². The average Bonchev–Trinajstić information content (AvgIpc) is 3.67. The minimum absolute atomic E-state index is 0.0000935. The Morgan fingerprint density at radius 2 is 1.90 bits per heavy atom. The van der Waals surface area contributed by atoms with E-state index in [9.17, 15) is 18.0 Å². The lowest BCUT2D eigenvalue weighted by molar-refractivity contribution is -0.120. The number of rotatable bonds is 8. The van der Waals surface area contributed by atoms with Gasteiger partial charge in [0, 0.05) is 25.6 Å². The van der Waals surface area contributed by atoms with Crippen LogP contribution >= 0.6 is 11.3 Å². The standard InChI is InChI=1S/C29H34N6O4S2/c1-16-8-11-25(36)35(14-16)24-7-5-6-23(32-24)33-29-31-17(2)27(40-29)20-12-21-15-34(18(3)19-9-10-19)28(37)26(21)22(13-20)41(38,39)30-4/h5-7,12-13,16,18-19,30H,8-11,14-15H2,1-4H3,(H,31,32,33)/t16-,18+/m1/s1. The van der Waals surface area contributed by atoms with Crippen LogP contribution in [-0.4, -0.2) is 54.7 Å². The number of amides is 2. The van der Waals surface area contributed by atoms with Crippen molar-refractivity contribution in [1.82, 2.24) is 19.6 Å². The molecule has 2 amide bonds. The summed E-state index contributed by atoms with van der Waals surface area (Å²) in [5, 5.41) is 3.86. The number of benzene rings is 1. The molecule has 3 aliphatic rings. The molecular formula is C29H34N6O4S2. The number of anilines is 3. The number of aromatic nitrogens is 2. The van der Waals surface area contributed by atoms with Crippen molar-refractivity contribution in [3.63, 3.8) is 0 Å². The maximum atomic E-state index is 13.4. The highest BCUT2D eigenvalue weighted by atomic mass is 32.2. The van der Waals surface area contributed by atoms with E-state index in [0.29, 0.717) is 59.2 Å². The van der Waals surface area contributed by atoms with E-state index >= 15 is 0 Å². The Labute approximate surface area is 244 Å². The number of nitrogens with one attached hydrogen (secondary N) is 2. The zero-order valence-corrected chi connectivity index (χ0v) is 25.2. The van der Waals surface area contributed by atoms with Gasteiger partial charge in [-0.3, -0.25) is 14.5 Å². The lowest BCUT2D eigenvalue weighted by atomic mass is 10.00. The van der Waals surface area contributed by atoms with Gasteiger partial charge >= 0.3 is 0 Å². The second-order valence-corrected chi connectivity index (χ2v) is 14.2. The summed E-state index contributed by atoms with van der Waals surface area (Å²) in [5.41, 5.74) is 2.41. The summed E-state index contributed by atoms with van der Waals surface area (Å²) in [6, 6.07) is 9.10. The fraction of sp³-hybridized carbons (Fsp3) is 0.448.